The van der Waals surface area contributed by atoms with Gasteiger partial charge in [0, 0.05) is 34.4 Å². The van der Waals surface area contributed by atoms with Crippen molar-refractivity contribution >= 4 is 22.2 Å². The molecule has 0 amide bonds. The Balaban J connectivity index is 2.70. The molecule has 0 aliphatic carbocycles. The fourth-order valence-corrected chi connectivity index (χ4v) is 1.57. The molecule has 1 rings (SSSR count). The van der Waals surface area contributed by atoms with Crippen LogP contribution in [0, 0.1) is 0 Å². The Morgan fingerprint density at radius 1 is 1.47 bits per heavy atom. The maximum absolute atomic E-state index is 12.4. The van der Waals surface area contributed by atoms with Gasteiger partial charge in [0.2, 0.25) is 0 Å². The van der Waals surface area contributed by atoms with Crippen LogP contribution in [0.15, 0.2) is 18.2 Å². The zero-order chi connectivity index (χ0) is 13.0. The summed E-state index contributed by atoms with van der Waals surface area (Å²) >= 11 is 0. The largest absolute Gasteiger partial charge is 0.397 e. The number of anilines is 2. The molecular formula is C11H16F2N2OS. The standard InChI is InChI=1S/C11H16F2N2OS/c1-7(17(2)16)6-15-10-4-3-8(11(12)13)5-9(10)14/h3-5,7,11,15H,6,14H2,1-2H3. The van der Waals surface area contributed by atoms with Crippen LogP contribution in [0.25, 0.3) is 0 Å². The summed E-state index contributed by atoms with van der Waals surface area (Å²) in [5.41, 5.74) is 6.42. The van der Waals surface area contributed by atoms with Crippen LogP contribution >= 0.6 is 0 Å². The highest BCUT2D eigenvalue weighted by Crippen LogP contribution is 2.26. The van der Waals surface area contributed by atoms with Crippen LogP contribution in [0.1, 0.15) is 18.9 Å². The first-order valence-electron chi connectivity index (χ1n) is 5.15. The van der Waals surface area contributed by atoms with E-state index < -0.39 is 17.2 Å². The fourth-order valence-electron chi connectivity index (χ4n) is 1.25. The molecule has 0 fully saturated rings. The predicted octanol–water partition coefficient (Wildman–Crippen LogP) is 2.39. The predicted molar refractivity (Wildman–Crippen MR) is 67.8 cm³/mol. The van der Waals surface area contributed by atoms with Gasteiger partial charge in [0.15, 0.2) is 0 Å². The van der Waals surface area contributed by atoms with Crippen LogP contribution in [0.3, 0.4) is 0 Å². The van der Waals surface area contributed by atoms with E-state index in [0.29, 0.717) is 12.2 Å². The number of nitrogen functional groups attached to an aromatic ring is 1. The Bertz CT molecular complexity index is 412. The molecule has 0 aliphatic heterocycles. The summed E-state index contributed by atoms with van der Waals surface area (Å²) in [6.07, 6.45) is -0.899. The van der Waals surface area contributed by atoms with Crippen LogP contribution in [-0.2, 0) is 10.8 Å². The molecule has 17 heavy (non-hydrogen) atoms. The summed E-state index contributed by atoms with van der Waals surface area (Å²) < 4.78 is 35.9. The van der Waals surface area contributed by atoms with Gasteiger partial charge in [-0.05, 0) is 19.1 Å². The van der Waals surface area contributed by atoms with E-state index >= 15 is 0 Å². The van der Waals surface area contributed by atoms with Crippen LogP contribution in [0.4, 0.5) is 20.2 Å². The summed E-state index contributed by atoms with van der Waals surface area (Å²) in [5.74, 6) is 0. The van der Waals surface area contributed by atoms with E-state index in [-0.39, 0.29) is 16.5 Å². The topological polar surface area (TPSA) is 55.1 Å². The maximum atomic E-state index is 12.4. The Kier molecular flexibility index (Phi) is 4.86. The fraction of sp³-hybridized carbons (Fsp3) is 0.455. The average Bonchev–Trinajstić information content (AvgIpc) is 2.26. The molecule has 6 heteroatoms. The molecule has 96 valence electrons. The Hall–Kier alpha value is -1.17. The summed E-state index contributed by atoms with van der Waals surface area (Å²) in [6, 6.07) is 4.10. The molecule has 0 heterocycles. The molecule has 0 bridgehead atoms. The molecule has 0 aliphatic rings. The first-order chi connectivity index (χ1) is 7.91. The van der Waals surface area contributed by atoms with Gasteiger partial charge in [-0.3, -0.25) is 4.21 Å². The van der Waals surface area contributed by atoms with Gasteiger partial charge in [0.1, 0.15) is 0 Å². The third-order valence-electron chi connectivity index (χ3n) is 2.47. The minimum atomic E-state index is -2.52. The van der Waals surface area contributed by atoms with Crippen LogP contribution in [-0.4, -0.2) is 22.3 Å². The van der Waals surface area contributed by atoms with Gasteiger partial charge in [0.05, 0.1) is 11.4 Å². The van der Waals surface area contributed by atoms with E-state index in [1.165, 1.54) is 18.2 Å². The number of rotatable bonds is 5. The molecule has 1 aromatic rings. The minimum Gasteiger partial charge on any atom is -0.397 e. The highest BCUT2D eigenvalue weighted by molar-refractivity contribution is 7.84. The number of hydrogen-bond acceptors (Lipinski definition) is 3. The van der Waals surface area contributed by atoms with E-state index in [4.69, 9.17) is 5.73 Å². The zero-order valence-electron chi connectivity index (χ0n) is 9.74. The number of hydrogen-bond donors (Lipinski definition) is 2. The number of halogens is 2. The molecular weight excluding hydrogens is 246 g/mol. The van der Waals surface area contributed by atoms with Crippen molar-refractivity contribution in [1.82, 2.24) is 0 Å². The first-order valence-corrected chi connectivity index (χ1v) is 6.77. The zero-order valence-corrected chi connectivity index (χ0v) is 10.6. The quantitative estimate of drug-likeness (QED) is 0.801. The van der Waals surface area contributed by atoms with E-state index in [2.05, 4.69) is 5.32 Å². The molecule has 0 saturated heterocycles. The van der Waals surface area contributed by atoms with Crippen LogP contribution in [0.2, 0.25) is 0 Å². The lowest BCUT2D eigenvalue weighted by Gasteiger charge is -2.13. The number of benzene rings is 1. The third kappa shape index (κ3) is 3.96. The minimum absolute atomic E-state index is 0.0239. The summed E-state index contributed by atoms with van der Waals surface area (Å²) in [6.45, 7) is 2.33. The van der Waals surface area contributed by atoms with Gasteiger partial charge in [-0.2, -0.15) is 0 Å². The molecule has 0 saturated carbocycles. The smallest absolute Gasteiger partial charge is 0.263 e. The summed E-state index contributed by atoms with van der Waals surface area (Å²) in [5, 5.41) is 2.97. The molecule has 0 spiro atoms. The Labute approximate surface area is 102 Å². The van der Waals surface area contributed by atoms with Gasteiger partial charge in [-0.1, -0.05) is 6.07 Å². The highest BCUT2D eigenvalue weighted by Gasteiger charge is 2.10. The number of alkyl halides is 2. The third-order valence-corrected chi connectivity index (χ3v) is 3.77. The number of nitrogens with one attached hydrogen (secondary N) is 1. The monoisotopic (exact) mass is 262 g/mol. The van der Waals surface area contributed by atoms with E-state index in [1.807, 2.05) is 6.92 Å². The van der Waals surface area contributed by atoms with Crippen molar-refractivity contribution < 1.29 is 13.0 Å². The van der Waals surface area contributed by atoms with Crippen molar-refractivity contribution in [2.45, 2.75) is 18.6 Å². The van der Waals surface area contributed by atoms with E-state index in [9.17, 15) is 13.0 Å². The SMILES string of the molecule is CC(CNc1ccc(C(F)F)cc1N)S(C)=O. The molecule has 3 nitrogen and oxygen atoms in total. The van der Waals surface area contributed by atoms with Crippen LogP contribution < -0.4 is 11.1 Å². The molecule has 0 aromatic heterocycles. The molecule has 0 radical (unpaired) electrons. The molecule has 2 atom stereocenters. The van der Waals surface area contributed by atoms with Gasteiger partial charge < -0.3 is 11.1 Å². The van der Waals surface area contributed by atoms with Crippen molar-refractivity contribution in [1.29, 1.82) is 0 Å². The van der Waals surface area contributed by atoms with Crippen molar-refractivity contribution in [3.05, 3.63) is 23.8 Å². The Morgan fingerprint density at radius 3 is 2.59 bits per heavy atom. The second kappa shape index (κ2) is 5.95. The number of nitrogens with two attached hydrogens (primary N) is 1. The first kappa shape index (κ1) is 13.9. The lowest BCUT2D eigenvalue weighted by Crippen LogP contribution is -2.21. The van der Waals surface area contributed by atoms with Crippen molar-refractivity contribution in [2.75, 3.05) is 23.9 Å². The maximum Gasteiger partial charge on any atom is 0.263 e. The second-order valence-corrected chi connectivity index (χ2v) is 5.64. The average molecular weight is 262 g/mol. The van der Waals surface area contributed by atoms with Crippen molar-refractivity contribution in [2.24, 2.45) is 0 Å². The summed E-state index contributed by atoms with van der Waals surface area (Å²) in [7, 11) is -0.926. The molecule has 1 aromatic carbocycles. The second-order valence-electron chi connectivity index (χ2n) is 3.84. The lowest BCUT2D eigenvalue weighted by molar-refractivity contribution is 0.151. The lowest BCUT2D eigenvalue weighted by atomic mass is 10.2. The van der Waals surface area contributed by atoms with Crippen molar-refractivity contribution in [3.8, 4) is 0 Å². The van der Waals surface area contributed by atoms with E-state index in [1.54, 1.807) is 6.26 Å². The van der Waals surface area contributed by atoms with Gasteiger partial charge >= 0.3 is 0 Å². The van der Waals surface area contributed by atoms with Crippen molar-refractivity contribution in [3.63, 3.8) is 0 Å². The Morgan fingerprint density at radius 2 is 2.12 bits per heavy atom. The molecule has 2 unspecified atom stereocenters. The highest BCUT2D eigenvalue weighted by atomic mass is 32.2. The van der Waals surface area contributed by atoms with Gasteiger partial charge in [0.25, 0.3) is 6.43 Å². The normalized spacial score (nSPS) is 14.6. The van der Waals surface area contributed by atoms with E-state index in [0.717, 1.165) is 0 Å². The van der Waals surface area contributed by atoms with Gasteiger partial charge in [-0.15, -0.1) is 0 Å². The van der Waals surface area contributed by atoms with Gasteiger partial charge in [-0.25, -0.2) is 8.78 Å². The summed E-state index contributed by atoms with van der Waals surface area (Å²) in [4.78, 5) is 0. The van der Waals surface area contributed by atoms with Crippen LogP contribution in [0.5, 0.6) is 0 Å². The molecule has 3 N–H and O–H groups in total.